The van der Waals surface area contributed by atoms with Gasteiger partial charge in [-0.05, 0) is 24.3 Å². The summed E-state index contributed by atoms with van der Waals surface area (Å²) in [6.45, 7) is 4.34. The molecule has 0 unspecified atom stereocenters. The Hall–Kier alpha value is -2.01. The number of H-pyrrole nitrogens is 1. The number of nitrogens with one attached hydrogen (secondary N) is 1. The first-order chi connectivity index (χ1) is 11.3. The van der Waals surface area contributed by atoms with E-state index in [1.807, 2.05) is 18.7 Å². The van der Waals surface area contributed by atoms with Gasteiger partial charge in [-0.25, -0.2) is 4.68 Å². The molecule has 2 aromatic rings. The van der Waals surface area contributed by atoms with Gasteiger partial charge in [0.05, 0.1) is 31.5 Å². The molecule has 8 nitrogen and oxygen atoms in total. The number of halogens is 3. The molecule has 1 atom stereocenters. The van der Waals surface area contributed by atoms with E-state index in [-0.39, 0.29) is 18.4 Å². The Morgan fingerprint density at radius 3 is 2.79 bits per heavy atom. The van der Waals surface area contributed by atoms with Crippen molar-refractivity contribution < 1.29 is 17.9 Å². The van der Waals surface area contributed by atoms with E-state index >= 15 is 0 Å². The second-order valence-corrected chi connectivity index (χ2v) is 5.78. The van der Waals surface area contributed by atoms with Crippen LogP contribution in [-0.2, 0) is 17.8 Å². The molecule has 24 heavy (non-hydrogen) atoms. The Balaban J connectivity index is 1.82. The fraction of sp³-hybridized carbons (Fsp3) is 0.692. The van der Waals surface area contributed by atoms with E-state index in [9.17, 15) is 13.2 Å². The molecule has 1 saturated heterocycles. The largest absolute Gasteiger partial charge is 0.408 e. The molecule has 0 amide bonds. The van der Waals surface area contributed by atoms with Crippen LogP contribution in [0.1, 0.15) is 28.8 Å². The van der Waals surface area contributed by atoms with Crippen molar-refractivity contribution in [2.45, 2.75) is 39.2 Å². The van der Waals surface area contributed by atoms with Crippen LogP contribution in [0.5, 0.6) is 0 Å². The fourth-order valence-corrected chi connectivity index (χ4v) is 2.95. The summed E-state index contributed by atoms with van der Waals surface area (Å²) in [7, 11) is 0. The minimum absolute atomic E-state index is 0.103. The second-order valence-electron chi connectivity index (χ2n) is 5.78. The summed E-state index contributed by atoms with van der Waals surface area (Å²) < 4.78 is 44.2. The summed E-state index contributed by atoms with van der Waals surface area (Å²) in [6.07, 6.45) is -4.37. The first-order valence-electron chi connectivity index (χ1n) is 7.50. The van der Waals surface area contributed by atoms with Crippen molar-refractivity contribution in [1.29, 1.82) is 0 Å². The van der Waals surface area contributed by atoms with Gasteiger partial charge in [0, 0.05) is 17.8 Å². The Morgan fingerprint density at radius 2 is 2.12 bits per heavy atom. The zero-order valence-electron chi connectivity index (χ0n) is 13.3. The molecule has 11 heteroatoms. The summed E-state index contributed by atoms with van der Waals surface area (Å²) >= 11 is 0. The number of aromatic amines is 1. The summed E-state index contributed by atoms with van der Waals surface area (Å²) in [5.74, 6) is 0.179. The molecule has 2 aromatic heterocycles. The first-order valence-corrected chi connectivity index (χ1v) is 7.50. The van der Waals surface area contributed by atoms with Gasteiger partial charge >= 0.3 is 6.18 Å². The van der Waals surface area contributed by atoms with Crippen molar-refractivity contribution in [3.8, 4) is 0 Å². The van der Waals surface area contributed by atoms with Crippen molar-refractivity contribution in [1.82, 2.24) is 35.3 Å². The van der Waals surface area contributed by atoms with Gasteiger partial charge in [-0.1, -0.05) is 0 Å². The molecule has 3 heterocycles. The lowest BCUT2D eigenvalue weighted by atomic mass is 10.0. The van der Waals surface area contributed by atoms with Crippen molar-refractivity contribution in [2.75, 3.05) is 19.8 Å². The van der Waals surface area contributed by atoms with E-state index in [0.29, 0.717) is 19.8 Å². The van der Waals surface area contributed by atoms with Crippen LogP contribution < -0.4 is 0 Å². The van der Waals surface area contributed by atoms with Crippen LogP contribution >= 0.6 is 0 Å². The molecule has 0 radical (unpaired) electrons. The van der Waals surface area contributed by atoms with Crippen LogP contribution in [0.4, 0.5) is 13.2 Å². The van der Waals surface area contributed by atoms with Crippen molar-refractivity contribution in [3.63, 3.8) is 0 Å². The SMILES string of the molecule is Cc1n[nH]c(C)c1[C@@H]1COCCN1Cc1nnnn1CC(F)(F)F. The lowest BCUT2D eigenvalue weighted by Crippen LogP contribution is -2.40. The van der Waals surface area contributed by atoms with Crippen LogP contribution in [0.2, 0.25) is 0 Å². The maximum atomic E-state index is 12.6. The highest BCUT2D eigenvalue weighted by Crippen LogP contribution is 2.29. The van der Waals surface area contributed by atoms with Gasteiger partial charge < -0.3 is 4.74 Å². The Labute approximate surface area is 136 Å². The number of rotatable bonds is 4. The molecule has 1 fully saturated rings. The average Bonchev–Trinajstić information content (AvgIpc) is 3.06. The number of nitrogens with zero attached hydrogens (tertiary/aromatic N) is 6. The maximum absolute atomic E-state index is 12.6. The monoisotopic (exact) mass is 345 g/mol. The highest BCUT2D eigenvalue weighted by molar-refractivity contribution is 5.27. The fourth-order valence-electron chi connectivity index (χ4n) is 2.95. The number of morpholine rings is 1. The van der Waals surface area contributed by atoms with Gasteiger partial charge in [-0.3, -0.25) is 10.00 Å². The van der Waals surface area contributed by atoms with Gasteiger partial charge in [0.1, 0.15) is 6.54 Å². The Bertz CT molecular complexity index is 677. The first kappa shape index (κ1) is 16.8. The third-order valence-electron chi connectivity index (χ3n) is 4.04. The molecule has 1 N–H and O–H groups in total. The molecule has 0 saturated carbocycles. The number of hydrogen-bond acceptors (Lipinski definition) is 6. The number of ether oxygens (including phenoxy) is 1. The van der Waals surface area contributed by atoms with E-state index < -0.39 is 12.7 Å². The Morgan fingerprint density at radius 1 is 1.33 bits per heavy atom. The van der Waals surface area contributed by atoms with E-state index in [2.05, 4.69) is 25.7 Å². The number of hydrogen-bond donors (Lipinski definition) is 1. The molecule has 3 rings (SSSR count). The number of aromatic nitrogens is 6. The van der Waals surface area contributed by atoms with Crippen molar-refractivity contribution >= 4 is 0 Å². The van der Waals surface area contributed by atoms with Crippen LogP contribution in [0.15, 0.2) is 0 Å². The third-order valence-corrected chi connectivity index (χ3v) is 4.04. The highest BCUT2D eigenvalue weighted by Gasteiger charge is 2.33. The molecule has 132 valence electrons. The molecular formula is C13H18F3N7O. The predicted molar refractivity (Wildman–Crippen MR) is 75.9 cm³/mol. The van der Waals surface area contributed by atoms with Gasteiger partial charge in [-0.15, -0.1) is 5.10 Å². The van der Waals surface area contributed by atoms with Gasteiger partial charge in [-0.2, -0.15) is 18.3 Å². The standard InChI is InChI=1S/C13H18F3N7O/c1-8-12(9(2)18-17-8)10-6-24-4-3-22(10)5-11-19-20-21-23(11)7-13(14,15)16/h10H,3-7H2,1-2H3,(H,17,18)/t10-/m0/s1. The molecule has 1 aliphatic rings. The van der Waals surface area contributed by atoms with Gasteiger partial charge in [0.2, 0.25) is 0 Å². The molecular weight excluding hydrogens is 327 g/mol. The normalized spacial score (nSPS) is 19.8. The Kier molecular flexibility index (Phi) is 4.54. The lowest BCUT2D eigenvalue weighted by Gasteiger charge is -2.35. The van der Waals surface area contributed by atoms with E-state index in [1.54, 1.807) is 0 Å². The molecule has 0 bridgehead atoms. The van der Waals surface area contributed by atoms with Crippen LogP contribution in [0, 0.1) is 13.8 Å². The smallest absolute Gasteiger partial charge is 0.378 e. The van der Waals surface area contributed by atoms with E-state index in [0.717, 1.165) is 21.6 Å². The third kappa shape index (κ3) is 3.56. The van der Waals surface area contributed by atoms with Crippen LogP contribution in [-0.4, -0.2) is 61.2 Å². The summed E-state index contributed by atoms with van der Waals surface area (Å²) in [4.78, 5) is 2.02. The minimum Gasteiger partial charge on any atom is -0.378 e. The highest BCUT2D eigenvalue weighted by atomic mass is 19.4. The molecule has 0 aliphatic carbocycles. The van der Waals surface area contributed by atoms with Crippen LogP contribution in [0.25, 0.3) is 0 Å². The van der Waals surface area contributed by atoms with E-state index in [4.69, 9.17) is 4.74 Å². The quantitative estimate of drug-likeness (QED) is 0.895. The lowest BCUT2D eigenvalue weighted by molar-refractivity contribution is -0.143. The van der Waals surface area contributed by atoms with Gasteiger partial charge in [0.15, 0.2) is 5.82 Å². The number of alkyl halides is 3. The topological polar surface area (TPSA) is 84.8 Å². The molecule has 1 aliphatic heterocycles. The zero-order chi connectivity index (χ0) is 17.3. The summed E-state index contributed by atoms with van der Waals surface area (Å²) in [6, 6.07) is -0.103. The summed E-state index contributed by atoms with van der Waals surface area (Å²) in [5, 5.41) is 17.7. The van der Waals surface area contributed by atoms with E-state index in [1.165, 1.54) is 0 Å². The predicted octanol–water partition coefficient (Wildman–Crippen LogP) is 1.15. The number of aryl methyl sites for hydroxylation is 2. The maximum Gasteiger partial charge on any atom is 0.408 e. The average molecular weight is 345 g/mol. The van der Waals surface area contributed by atoms with Gasteiger partial charge in [0.25, 0.3) is 0 Å². The number of tetrazole rings is 1. The molecule has 0 spiro atoms. The second kappa shape index (κ2) is 6.48. The minimum atomic E-state index is -4.37. The van der Waals surface area contributed by atoms with Crippen molar-refractivity contribution in [3.05, 3.63) is 22.8 Å². The molecule has 0 aromatic carbocycles. The van der Waals surface area contributed by atoms with Crippen molar-refractivity contribution in [2.24, 2.45) is 0 Å². The summed E-state index contributed by atoms with van der Waals surface area (Å²) in [5.41, 5.74) is 2.77. The zero-order valence-corrected chi connectivity index (χ0v) is 13.3. The van der Waals surface area contributed by atoms with Crippen LogP contribution in [0.3, 0.4) is 0 Å².